The molecule has 8 atom stereocenters. The van der Waals surface area contributed by atoms with E-state index in [-0.39, 0.29) is 42.8 Å². The van der Waals surface area contributed by atoms with Crippen LogP contribution in [-0.2, 0) is 32.7 Å². The molecule has 0 aromatic heterocycles. The van der Waals surface area contributed by atoms with Crippen molar-refractivity contribution in [2.75, 3.05) is 6.54 Å². The highest BCUT2D eigenvalue weighted by Crippen LogP contribution is 2.56. The zero-order chi connectivity index (χ0) is 30.6. The molecule has 2 aromatic rings. The van der Waals surface area contributed by atoms with Crippen molar-refractivity contribution < 1.29 is 48.3 Å². The van der Waals surface area contributed by atoms with E-state index in [1.165, 1.54) is 0 Å². The fraction of sp³-hybridized carbons (Fsp3) is 0.533. The Morgan fingerprint density at radius 3 is 2.65 bits per heavy atom. The molecule has 0 spiro atoms. The van der Waals surface area contributed by atoms with Crippen LogP contribution in [0.3, 0.4) is 0 Å². The number of aliphatic hydroxyl groups excluding tert-OH is 3. The van der Waals surface area contributed by atoms with E-state index in [9.17, 15) is 31.4 Å². The minimum Gasteiger partial charge on any atom is -0.479 e. The summed E-state index contributed by atoms with van der Waals surface area (Å²) in [5, 5.41) is 40.2. The van der Waals surface area contributed by atoms with Gasteiger partial charge in [0.2, 0.25) is 6.29 Å². The van der Waals surface area contributed by atoms with Crippen molar-refractivity contribution in [3.8, 4) is 5.75 Å². The number of nitrogens with zero attached hydrogens (tertiary/aromatic N) is 1. The van der Waals surface area contributed by atoms with Crippen LogP contribution in [0.1, 0.15) is 52.9 Å². The molecule has 2 aliphatic carbocycles. The van der Waals surface area contributed by atoms with Crippen molar-refractivity contribution in [3.63, 3.8) is 0 Å². The summed E-state index contributed by atoms with van der Waals surface area (Å²) in [5.74, 6) is -1.95. The first-order valence-electron chi connectivity index (χ1n) is 15.2. The quantitative estimate of drug-likeness (QED) is 0.436. The third-order valence-corrected chi connectivity index (χ3v) is 9.03. The van der Waals surface area contributed by atoms with Crippen LogP contribution in [0.5, 0.6) is 5.75 Å². The molecule has 2 heterocycles. The lowest BCUT2D eigenvalue weighted by Gasteiger charge is -2.58. The van der Waals surface area contributed by atoms with E-state index in [4.69, 9.17) is 17.0 Å². The Kier molecular flexibility index (Phi) is 6.27. The summed E-state index contributed by atoms with van der Waals surface area (Å²) >= 11 is 0. The van der Waals surface area contributed by atoms with E-state index < -0.39 is 54.2 Å². The van der Waals surface area contributed by atoms with Gasteiger partial charge in [-0.1, -0.05) is 49.2 Å². The first-order valence-corrected chi connectivity index (χ1v) is 13.7. The van der Waals surface area contributed by atoms with E-state index in [2.05, 4.69) is 0 Å². The lowest BCUT2D eigenvalue weighted by Crippen LogP contribution is -2.62. The number of rotatable bonds is 5. The average molecular weight is 557 g/mol. The van der Waals surface area contributed by atoms with Crippen molar-refractivity contribution in [3.05, 3.63) is 65.1 Å². The summed E-state index contributed by atoms with van der Waals surface area (Å²) in [7, 11) is 0. The third kappa shape index (κ3) is 4.62. The number of carboxylic acids is 1. The van der Waals surface area contributed by atoms with Gasteiger partial charge in [-0.3, -0.25) is 0 Å². The number of hydrogen-bond acceptors (Lipinski definition) is 8. The zero-order valence-electron chi connectivity index (χ0n) is 24.9. The van der Waals surface area contributed by atoms with Crippen molar-refractivity contribution in [1.29, 1.82) is 0 Å². The third-order valence-electron chi connectivity index (χ3n) is 9.03. The molecular formula is C30H35NO9. The van der Waals surface area contributed by atoms with Crippen LogP contribution in [-0.4, -0.2) is 80.7 Å². The van der Waals surface area contributed by atoms with Gasteiger partial charge in [0, 0.05) is 18.0 Å². The maximum Gasteiger partial charge on any atom is 0.410 e. The summed E-state index contributed by atoms with van der Waals surface area (Å²) in [6.07, 6.45) is -5.67. The molecule has 1 saturated carbocycles. The molecule has 2 saturated heterocycles. The molecule has 214 valence electrons. The number of likely N-dealkylation sites (tertiary alicyclic amines) is 1. The highest BCUT2D eigenvalue weighted by Gasteiger charge is 2.55. The summed E-state index contributed by atoms with van der Waals surface area (Å²) in [6.45, 7) is 0.533. The Labute approximate surface area is 236 Å². The molecule has 40 heavy (non-hydrogen) atoms. The maximum atomic E-state index is 13.3. The second-order valence-electron chi connectivity index (χ2n) is 11.2. The minimum atomic E-state index is -1.92. The molecule has 1 amide bonds. The van der Waals surface area contributed by atoms with Crippen LogP contribution in [0, 0.1) is 5.92 Å². The Bertz CT molecular complexity index is 1410. The minimum absolute atomic E-state index is 0.00964. The van der Waals surface area contributed by atoms with Gasteiger partial charge in [-0.05, 0) is 60.4 Å². The average Bonchev–Trinajstić information content (AvgIpc) is 3.00. The summed E-state index contributed by atoms with van der Waals surface area (Å²) < 4.78 is 43.5. The fourth-order valence-electron chi connectivity index (χ4n) is 7.08. The Balaban J connectivity index is 1.34. The monoisotopic (exact) mass is 556 g/mol. The molecule has 3 fully saturated rings. The van der Waals surface area contributed by atoms with Gasteiger partial charge in [0.25, 0.3) is 0 Å². The number of benzene rings is 2. The number of carboxylic acid groups (broad SMARTS) is 1. The smallest absolute Gasteiger partial charge is 0.410 e. The molecule has 2 bridgehead atoms. The van der Waals surface area contributed by atoms with E-state index in [1.54, 1.807) is 4.90 Å². The predicted molar refractivity (Wildman–Crippen MR) is 140 cm³/mol. The van der Waals surface area contributed by atoms with Gasteiger partial charge in [0.1, 0.15) is 30.7 Å². The molecule has 10 heteroatoms. The van der Waals surface area contributed by atoms with Gasteiger partial charge in [0.05, 0.1) is 4.11 Å². The summed E-state index contributed by atoms with van der Waals surface area (Å²) in [5.41, 5.74) is 1.41. The van der Waals surface area contributed by atoms with E-state index in [0.717, 1.165) is 31.2 Å². The molecule has 0 radical (unpaired) electrons. The van der Waals surface area contributed by atoms with Crippen LogP contribution in [0.4, 0.5) is 4.79 Å². The van der Waals surface area contributed by atoms with Crippen molar-refractivity contribution in [1.82, 2.24) is 4.90 Å². The Morgan fingerprint density at radius 1 is 1.07 bits per heavy atom. The molecule has 0 unspecified atom stereocenters. The van der Waals surface area contributed by atoms with Crippen molar-refractivity contribution >= 4 is 12.1 Å². The first kappa shape index (κ1) is 23.5. The number of carbonyl (C=O) groups is 2. The van der Waals surface area contributed by atoms with Gasteiger partial charge in [0.15, 0.2) is 6.10 Å². The number of ether oxygens (including phenoxy) is 3. The number of hydrogen-bond donors (Lipinski definition) is 4. The van der Waals surface area contributed by atoms with Crippen molar-refractivity contribution in [2.45, 2.75) is 87.3 Å². The normalized spacial score (nSPS) is 35.8. The lowest BCUT2D eigenvalue weighted by atomic mass is 9.52. The maximum absolute atomic E-state index is 13.3. The number of amides is 1. The number of carbonyl (C=O) groups excluding carboxylic acids is 1. The number of piperidine rings is 1. The van der Waals surface area contributed by atoms with Crippen LogP contribution in [0.15, 0.2) is 48.5 Å². The predicted octanol–water partition coefficient (Wildman–Crippen LogP) is 2.35. The molecule has 2 aromatic carbocycles. The standard InChI is InChI=1S/C30H35NO9/c32-23-24(33)26(27(35)36)40-28(25(23)34)39-19-10-9-18-14-22-20-8-4-5-11-30(20,21(18)15-19)12-13-31(22)29(37)38-16-17-6-2-1-3-7-17/h1-3,6-7,9-10,15,20,22-26,28,32-34H,4-5,8,11-14,16H2,(H,35,36)/t20-,22+,23+,24+,25-,26+,28-,30+/m1/s1/i9D,10D,15D. The number of aliphatic hydroxyl groups is 3. The molecule has 6 rings (SSSR count). The first-order chi connectivity index (χ1) is 20.5. The molecule has 2 aliphatic heterocycles. The summed E-state index contributed by atoms with van der Waals surface area (Å²) in [4.78, 5) is 26.7. The largest absolute Gasteiger partial charge is 0.479 e. The Hall–Kier alpha value is -3.18. The van der Waals surface area contributed by atoms with Crippen LogP contribution >= 0.6 is 0 Å². The Morgan fingerprint density at radius 2 is 1.88 bits per heavy atom. The van der Waals surface area contributed by atoms with Gasteiger partial charge < -0.3 is 39.5 Å². The van der Waals surface area contributed by atoms with Crippen LogP contribution in [0.25, 0.3) is 0 Å². The lowest BCUT2D eigenvalue weighted by molar-refractivity contribution is -0.271. The second kappa shape index (κ2) is 10.7. The fourth-order valence-corrected chi connectivity index (χ4v) is 7.08. The topological polar surface area (TPSA) is 146 Å². The van der Waals surface area contributed by atoms with Gasteiger partial charge in [-0.15, -0.1) is 0 Å². The van der Waals surface area contributed by atoms with Gasteiger partial charge in [-0.25, -0.2) is 9.59 Å². The zero-order valence-corrected chi connectivity index (χ0v) is 21.9. The highest BCUT2D eigenvalue weighted by atomic mass is 16.7. The molecular weight excluding hydrogens is 518 g/mol. The highest BCUT2D eigenvalue weighted by molar-refractivity contribution is 5.73. The SMILES string of the molecule is [2H]c1c([2H])c(O[C@@H]2O[C@H](C(=O)O)[C@@H](O)[C@H](O)[C@H]2O)c([2H])c2c1C[C@H]1[C@H]3CCCC[C@@]23CCN1C(=O)OCc1ccccc1. The van der Waals surface area contributed by atoms with Gasteiger partial charge in [-0.2, -0.15) is 0 Å². The molecule has 10 nitrogen and oxygen atoms in total. The van der Waals surface area contributed by atoms with Crippen molar-refractivity contribution in [2.24, 2.45) is 5.92 Å². The number of aliphatic carboxylic acids is 1. The summed E-state index contributed by atoms with van der Waals surface area (Å²) in [6, 6.07) is 8.35. The van der Waals surface area contributed by atoms with Crippen LogP contribution in [0.2, 0.25) is 0 Å². The molecule has 4 N–H and O–H groups in total. The van der Waals surface area contributed by atoms with Crippen LogP contribution < -0.4 is 4.74 Å². The van der Waals surface area contributed by atoms with Gasteiger partial charge >= 0.3 is 12.1 Å². The van der Waals surface area contributed by atoms with E-state index >= 15 is 0 Å². The number of fused-ring (bicyclic) bond motifs is 1. The molecule has 4 aliphatic rings. The second-order valence-corrected chi connectivity index (χ2v) is 11.2. The van der Waals surface area contributed by atoms with E-state index in [0.29, 0.717) is 24.1 Å². The van der Waals surface area contributed by atoms with E-state index in [1.807, 2.05) is 30.3 Å².